The molecule has 2 heterocycles. The maximum atomic E-state index is 12.5. The first kappa shape index (κ1) is 29.0. The van der Waals surface area contributed by atoms with Crippen molar-refractivity contribution in [2.45, 2.75) is 19.3 Å². The fraction of sp³-hybridized carbons (Fsp3) is 0.458. The number of carboxylic acid groups (broad SMARTS) is 2. The summed E-state index contributed by atoms with van der Waals surface area (Å²) in [6.07, 6.45) is 6.90. The van der Waals surface area contributed by atoms with Crippen molar-refractivity contribution in [3.05, 3.63) is 48.2 Å². The maximum Gasteiger partial charge on any atom is 0.340 e. The van der Waals surface area contributed by atoms with E-state index in [4.69, 9.17) is 14.9 Å². The van der Waals surface area contributed by atoms with Crippen molar-refractivity contribution in [3.8, 4) is 0 Å². The van der Waals surface area contributed by atoms with Crippen LogP contribution in [0.3, 0.4) is 0 Å². The van der Waals surface area contributed by atoms with Crippen LogP contribution in [-0.2, 0) is 31.4 Å². The number of para-hydroxylation sites is 1. The molecule has 1 aliphatic heterocycles. The minimum absolute atomic E-state index is 0.258. The Bertz CT molecular complexity index is 1170. The summed E-state index contributed by atoms with van der Waals surface area (Å²) >= 11 is 0. The summed E-state index contributed by atoms with van der Waals surface area (Å²) in [5.74, 6) is -2.39. The number of sulfonamides is 1. The lowest BCUT2D eigenvalue weighted by Crippen LogP contribution is -2.37. The molecule has 1 aromatic carbocycles. The molecule has 3 rings (SSSR count). The van der Waals surface area contributed by atoms with E-state index in [-0.39, 0.29) is 5.97 Å². The van der Waals surface area contributed by atoms with Gasteiger partial charge in [0.15, 0.2) is 0 Å². The Morgan fingerprint density at radius 1 is 1.11 bits per heavy atom. The van der Waals surface area contributed by atoms with Crippen LogP contribution in [0.1, 0.15) is 29.6 Å². The number of benzene rings is 1. The van der Waals surface area contributed by atoms with Crippen LogP contribution in [0.5, 0.6) is 0 Å². The van der Waals surface area contributed by atoms with Crippen molar-refractivity contribution in [3.63, 3.8) is 0 Å². The molecular formula is C24H33N3O8S. The fourth-order valence-corrected chi connectivity index (χ4v) is 4.37. The van der Waals surface area contributed by atoms with Crippen molar-refractivity contribution in [1.82, 2.24) is 14.2 Å². The van der Waals surface area contributed by atoms with Gasteiger partial charge in [-0.2, -0.15) is 0 Å². The predicted molar refractivity (Wildman–Crippen MR) is 134 cm³/mol. The van der Waals surface area contributed by atoms with Crippen LogP contribution in [0.25, 0.3) is 10.9 Å². The Hall–Kier alpha value is -3.22. The van der Waals surface area contributed by atoms with E-state index in [1.54, 1.807) is 0 Å². The topological polar surface area (TPSA) is 155 Å². The van der Waals surface area contributed by atoms with Gasteiger partial charge in [-0.1, -0.05) is 18.2 Å². The highest BCUT2D eigenvalue weighted by molar-refractivity contribution is 7.88. The summed E-state index contributed by atoms with van der Waals surface area (Å²) in [4.78, 5) is 34.0. The molecule has 0 amide bonds. The van der Waals surface area contributed by atoms with Gasteiger partial charge in [0, 0.05) is 42.8 Å². The minimum atomic E-state index is -3.11. The first-order chi connectivity index (χ1) is 17.0. The molecule has 0 unspecified atom stereocenters. The molecule has 1 fully saturated rings. The van der Waals surface area contributed by atoms with Crippen LogP contribution in [0.15, 0.2) is 42.6 Å². The van der Waals surface area contributed by atoms with E-state index < -0.39 is 22.0 Å². The average molecular weight is 524 g/mol. The van der Waals surface area contributed by atoms with Crippen molar-refractivity contribution in [1.29, 1.82) is 0 Å². The van der Waals surface area contributed by atoms with Crippen molar-refractivity contribution in [2.24, 2.45) is 13.0 Å². The number of aromatic nitrogens is 1. The summed E-state index contributed by atoms with van der Waals surface area (Å²) in [6.45, 7) is 3.71. The van der Waals surface area contributed by atoms with Gasteiger partial charge in [0.1, 0.15) is 0 Å². The van der Waals surface area contributed by atoms with Gasteiger partial charge in [-0.25, -0.2) is 27.5 Å². The zero-order valence-corrected chi connectivity index (χ0v) is 21.2. The van der Waals surface area contributed by atoms with E-state index in [9.17, 15) is 22.8 Å². The molecule has 1 saturated heterocycles. The van der Waals surface area contributed by atoms with Crippen molar-refractivity contribution < 1.29 is 37.8 Å². The molecule has 198 valence electrons. The Morgan fingerprint density at radius 2 is 1.72 bits per heavy atom. The van der Waals surface area contributed by atoms with Crippen LogP contribution in [0, 0.1) is 5.92 Å². The maximum absolute atomic E-state index is 12.5. The smallest absolute Gasteiger partial charge is 0.340 e. The number of carbonyl (C=O) groups is 3. The minimum Gasteiger partial charge on any atom is -0.478 e. The average Bonchev–Trinajstić information content (AvgIpc) is 3.16. The number of hydrogen-bond donors (Lipinski definition) is 3. The van der Waals surface area contributed by atoms with Gasteiger partial charge in [0.2, 0.25) is 10.0 Å². The predicted octanol–water partition coefficient (Wildman–Crippen LogP) is 1.70. The van der Waals surface area contributed by atoms with E-state index >= 15 is 0 Å². The number of piperidine rings is 1. The summed E-state index contributed by atoms with van der Waals surface area (Å²) in [6, 6.07) is 7.83. The van der Waals surface area contributed by atoms with E-state index in [2.05, 4.69) is 9.62 Å². The first-order valence-electron chi connectivity index (χ1n) is 11.5. The quantitative estimate of drug-likeness (QED) is 0.240. The van der Waals surface area contributed by atoms with Crippen LogP contribution >= 0.6 is 0 Å². The molecule has 0 radical (unpaired) electrons. The van der Waals surface area contributed by atoms with Gasteiger partial charge in [0.05, 0.1) is 18.4 Å². The van der Waals surface area contributed by atoms with Crippen LogP contribution in [-0.4, -0.2) is 85.0 Å². The number of ether oxygens (including phenoxy) is 1. The number of nitrogens with one attached hydrogen (secondary N) is 1. The molecule has 0 aliphatic carbocycles. The highest BCUT2D eigenvalue weighted by atomic mass is 32.2. The van der Waals surface area contributed by atoms with Gasteiger partial charge in [-0.3, -0.25) is 0 Å². The molecule has 3 N–H and O–H groups in total. The molecule has 0 spiro atoms. The van der Waals surface area contributed by atoms with Gasteiger partial charge in [-0.05, 0) is 50.9 Å². The number of carboxylic acids is 2. The number of aryl methyl sites for hydroxylation is 1. The van der Waals surface area contributed by atoms with E-state index in [1.807, 2.05) is 42.1 Å². The molecular weight excluding hydrogens is 490 g/mol. The first-order valence-corrected chi connectivity index (χ1v) is 13.4. The highest BCUT2D eigenvalue weighted by Crippen LogP contribution is 2.22. The van der Waals surface area contributed by atoms with Gasteiger partial charge in [-0.15, -0.1) is 0 Å². The third kappa shape index (κ3) is 10.2. The largest absolute Gasteiger partial charge is 0.478 e. The Morgan fingerprint density at radius 3 is 2.31 bits per heavy atom. The fourth-order valence-electron chi connectivity index (χ4n) is 3.86. The Kier molecular flexibility index (Phi) is 11.1. The standard InChI is InChI=1S/C20H29N3O4S.C4H4O4/c1-22-14-18(17-6-3-4-7-19(17)22)20(24)27-15-16-8-12-23(13-9-16)11-5-10-21-28(2,25)26;5-3(6)1-2-4(7)8/h3-4,6-7,14,16,21H,5,8-13,15H2,1-2H3;1-2H,(H,5,6)(H,7,8)/b;2-1-. The number of likely N-dealkylation sites (tertiary alicyclic amines) is 1. The van der Waals surface area contributed by atoms with E-state index in [0.717, 1.165) is 49.8 Å². The van der Waals surface area contributed by atoms with E-state index in [1.165, 1.54) is 6.26 Å². The molecule has 1 aliphatic rings. The van der Waals surface area contributed by atoms with Crippen LogP contribution in [0.4, 0.5) is 0 Å². The third-order valence-corrected chi connectivity index (χ3v) is 6.39. The molecule has 1 aromatic heterocycles. The summed E-state index contributed by atoms with van der Waals surface area (Å²) in [5, 5.41) is 16.5. The zero-order chi connectivity index (χ0) is 26.7. The second kappa shape index (κ2) is 13.8. The molecule has 12 heteroatoms. The second-order valence-electron chi connectivity index (χ2n) is 8.58. The van der Waals surface area contributed by atoms with Crippen molar-refractivity contribution in [2.75, 3.05) is 39.0 Å². The summed E-state index contributed by atoms with van der Waals surface area (Å²) in [5.41, 5.74) is 1.64. The number of fused-ring (bicyclic) bond motifs is 1. The SMILES string of the molecule is Cn1cc(C(=O)OCC2CCN(CCCNS(C)(=O)=O)CC2)c2ccccc21.O=C(O)/C=C\C(=O)O. The number of nitrogens with zero attached hydrogens (tertiary/aromatic N) is 2. The van der Waals surface area contributed by atoms with Crippen LogP contribution in [0.2, 0.25) is 0 Å². The van der Waals surface area contributed by atoms with Crippen LogP contribution < -0.4 is 4.72 Å². The number of aliphatic carboxylic acids is 2. The number of hydrogen-bond acceptors (Lipinski definition) is 7. The number of rotatable bonds is 10. The zero-order valence-electron chi connectivity index (χ0n) is 20.4. The molecule has 2 aromatic rings. The highest BCUT2D eigenvalue weighted by Gasteiger charge is 2.22. The molecule has 0 bridgehead atoms. The number of carbonyl (C=O) groups excluding carboxylic acids is 1. The van der Waals surface area contributed by atoms with Gasteiger partial charge >= 0.3 is 17.9 Å². The Labute approximate surface area is 210 Å². The monoisotopic (exact) mass is 523 g/mol. The number of esters is 1. The molecule has 0 atom stereocenters. The lowest BCUT2D eigenvalue weighted by atomic mass is 9.97. The summed E-state index contributed by atoms with van der Waals surface area (Å²) in [7, 11) is -1.17. The van der Waals surface area contributed by atoms with Gasteiger partial charge in [0.25, 0.3) is 0 Å². The van der Waals surface area contributed by atoms with Crippen molar-refractivity contribution >= 4 is 38.8 Å². The van der Waals surface area contributed by atoms with E-state index in [0.29, 0.717) is 36.8 Å². The molecule has 0 saturated carbocycles. The lowest BCUT2D eigenvalue weighted by Gasteiger charge is -2.31. The normalized spacial score (nSPS) is 14.9. The third-order valence-electron chi connectivity index (χ3n) is 5.66. The second-order valence-corrected chi connectivity index (χ2v) is 10.4. The molecule has 11 nitrogen and oxygen atoms in total. The molecule has 36 heavy (non-hydrogen) atoms. The summed E-state index contributed by atoms with van der Waals surface area (Å²) < 4.78 is 32.2. The van der Waals surface area contributed by atoms with Gasteiger partial charge < -0.3 is 24.4 Å². The lowest BCUT2D eigenvalue weighted by molar-refractivity contribution is -0.134. The Balaban J connectivity index is 0.000000493.